The predicted molar refractivity (Wildman–Crippen MR) is 60.6 cm³/mol. The van der Waals surface area contributed by atoms with Gasteiger partial charge >= 0.3 is 0 Å². The van der Waals surface area contributed by atoms with Crippen LogP contribution in [-0.4, -0.2) is 19.6 Å². The summed E-state index contributed by atoms with van der Waals surface area (Å²) >= 11 is 5.96. The molecule has 4 N–H and O–H groups in total. The number of halogens is 1. The number of amides is 1. The molecule has 88 valence electrons. The number of hydrogen-bond acceptors (Lipinski definition) is 4. The van der Waals surface area contributed by atoms with Crippen molar-refractivity contribution in [2.24, 2.45) is 11.5 Å². The van der Waals surface area contributed by atoms with Gasteiger partial charge in [0.25, 0.3) is 5.91 Å². The minimum Gasteiger partial charge on any atom is -0.493 e. The molecule has 0 fully saturated rings. The minimum atomic E-state index is -0.582. The van der Waals surface area contributed by atoms with Crippen molar-refractivity contribution in [1.29, 1.82) is 0 Å². The molecule has 1 rings (SSSR count). The lowest BCUT2D eigenvalue weighted by Gasteiger charge is -2.12. The lowest BCUT2D eigenvalue weighted by molar-refractivity contribution is -0.119. The van der Waals surface area contributed by atoms with E-state index in [1.807, 2.05) is 0 Å². The zero-order valence-corrected chi connectivity index (χ0v) is 9.58. The number of methoxy groups -OCH3 is 1. The van der Waals surface area contributed by atoms with Gasteiger partial charge in [-0.25, -0.2) is 0 Å². The van der Waals surface area contributed by atoms with E-state index in [1.165, 1.54) is 7.11 Å². The molecule has 0 aromatic heterocycles. The number of benzene rings is 1. The maximum atomic E-state index is 10.6. The van der Waals surface area contributed by atoms with Gasteiger partial charge in [0.05, 0.1) is 12.1 Å². The fourth-order valence-corrected chi connectivity index (χ4v) is 1.46. The second-order valence-electron chi connectivity index (χ2n) is 3.07. The van der Waals surface area contributed by atoms with Crippen molar-refractivity contribution in [1.82, 2.24) is 0 Å². The van der Waals surface area contributed by atoms with Gasteiger partial charge in [0.15, 0.2) is 18.1 Å². The molecular weight excluding hydrogens is 232 g/mol. The Morgan fingerprint density at radius 3 is 2.69 bits per heavy atom. The van der Waals surface area contributed by atoms with E-state index in [1.54, 1.807) is 12.1 Å². The Kier molecular flexibility index (Phi) is 4.39. The van der Waals surface area contributed by atoms with Gasteiger partial charge in [-0.15, -0.1) is 0 Å². The maximum absolute atomic E-state index is 10.6. The topological polar surface area (TPSA) is 87.6 Å². The summed E-state index contributed by atoms with van der Waals surface area (Å²) in [6, 6.07) is 3.35. The first-order chi connectivity index (χ1) is 7.58. The van der Waals surface area contributed by atoms with Gasteiger partial charge in [-0.3, -0.25) is 4.79 Å². The van der Waals surface area contributed by atoms with E-state index in [4.69, 9.17) is 32.5 Å². The van der Waals surface area contributed by atoms with Crippen LogP contribution in [0.4, 0.5) is 0 Å². The quantitative estimate of drug-likeness (QED) is 0.797. The van der Waals surface area contributed by atoms with Crippen molar-refractivity contribution < 1.29 is 14.3 Å². The van der Waals surface area contributed by atoms with Crippen molar-refractivity contribution in [2.75, 3.05) is 13.7 Å². The normalized spacial score (nSPS) is 9.94. The van der Waals surface area contributed by atoms with Crippen LogP contribution in [0.5, 0.6) is 11.5 Å². The summed E-state index contributed by atoms with van der Waals surface area (Å²) < 4.78 is 10.2. The fourth-order valence-electron chi connectivity index (χ4n) is 1.17. The molecule has 6 heteroatoms. The first-order valence-corrected chi connectivity index (χ1v) is 4.93. The molecule has 0 radical (unpaired) electrons. The molecule has 0 saturated heterocycles. The second kappa shape index (κ2) is 5.58. The Morgan fingerprint density at radius 2 is 2.19 bits per heavy atom. The van der Waals surface area contributed by atoms with Crippen LogP contribution in [0.3, 0.4) is 0 Å². The van der Waals surface area contributed by atoms with Crippen LogP contribution in [0.1, 0.15) is 5.56 Å². The third-order valence-corrected chi connectivity index (χ3v) is 2.16. The molecule has 1 amide bonds. The molecule has 0 unspecified atom stereocenters. The second-order valence-corrected chi connectivity index (χ2v) is 3.48. The number of primary amides is 1. The summed E-state index contributed by atoms with van der Waals surface area (Å²) in [5.41, 5.74) is 11.3. The van der Waals surface area contributed by atoms with Crippen LogP contribution in [0, 0.1) is 0 Å². The van der Waals surface area contributed by atoms with Gasteiger partial charge in [0.2, 0.25) is 0 Å². The largest absolute Gasteiger partial charge is 0.493 e. The Bertz CT molecular complexity index is 396. The smallest absolute Gasteiger partial charge is 0.255 e. The number of hydrogen-bond donors (Lipinski definition) is 2. The molecule has 0 aliphatic rings. The van der Waals surface area contributed by atoms with Crippen LogP contribution in [0.15, 0.2) is 12.1 Å². The SMILES string of the molecule is COc1cc(CN)cc(Cl)c1OCC(N)=O. The first kappa shape index (κ1) is 12.6. The van der Waals surface area contributed by atoms with Crippen molar-refractivity contribution in [2.45, 2.75) is 6.54 Å². The Hall–Kier alpha value is -1.46. The predicted octanol–water partition coefficient (Wildman–Crippen LogP) is 0.671. The van der Waals surface area contributed by atoms with Gasteiger partial charge in [-0.2, -0.15) is 0 Å². The number of rotatable bonds is 5. The highest BCUT2D eigenvalue weighted by molar-refractivity contribution is 6.32. The van der Waals surface area contributed by atoms with E-state index in [0.29, 0.717) is 23.1 Å². The average Bonchev–Trinajstić information content (AvgIpc) is 2.26. The maximum Gasteiger partial charge on any atom is 0.255 e. The highest BCUT2D eigenvalue weighted by atomic mass is 35.5. The van der Waals surface area contributed by atoms with E-state index in [9.17, 15) is 4.79 Å². The zero-order valence-electron chi connectivity index (χ0n) is 8.83. The van der Waals surface area contributed by atoms with Crippen molar-refractivity contribution >= 4 is 17.5 Å². The summed E-state index contributed by atoms with van der Waals surface area (Å²) in [7, 11) is 1.48. The molecule has 0 spiro atoms. The van der Waals surface area contributed by atoms with Gasteiger partial charge in [0, 0.05) is 6.54 Å². The molecular formula is C10H13ClN2O3. The molecule has 1 aromatic rings. The highest BCUT2D eigenvalue weighted by Gasteiger charge is 2.12. The summed E-state index contributed by atoms with van der Waals surface area (Å²) in [5.74, 6) is 0.135. The third-order valence-electron chi connectivity index (χ3n) is 1.88. The van der Waals surface area contributed by atoms with Crippen molar-refractivity contribution in [3.8, 4) is 11.5 Å². The van der Waals surface area contributed by atoms with Crippen molar-refractivity contribution in [3.63, 3.8) is 0 Å². The van der Waals surface area contributed by atoms with E-state index in [0.717, 1.165) is 5.56 Å². The van der Waals surface area contributed by atoms with Crippen LogP contribution in [-0.2, 0) is 11.3 Å². The highest BCUT2D eigenvalue weighted by Crippen LogP contribution is 2.36. The lowest BCUT2D eigenvalue weighted by atomic mass is 10.2. The van der Waals surface area contributed by atoms with Crippen molar-refractivity contribution in [3.05, 3.63) is 22.7 Å². The molecule has 0 saturated carbocycles. The molecule has 0 bridgehead atoms. The molecule has 0 aliphatic carbocycles. The lowest BCUT2D eigenvalue weighted by Crippen LogP contribution is -2.20. The third kappa shape index (κ3) is 3.01. The molecule has 5 nitrogen and oxygen atoms in total. The van der Waals surface area contributed by atoms with Gasteiger partial charge < -0.3 is 20.9 Å². The minimum absolute atomic E-state index is 0.252. The molecule has 0 atom stereocenters. The van der Waals surface area contributed by atoms with E-state index in [-0.39, 0.29) is 6.61 Å². The number of ether oxygens (including phenoxy) is 2. The van der Waals surface area contributed by atoms with Gasteiger partial charge in [-0.1, -0.05) is 11.6 Å². The molecule has 1 aromatic carbocycles. The molecule has 0 aliphatic heterocycles. The Labute approximate surface area is 98.3 Å². The van der Waals surface area contributed by atoms with Crippen LogP contribution in [0.2, 0.25) is 5.02 Å². The first-order valence-electron chi connectivity index (χ1n) is 4.56. The average molecular weight is 245 g/mol. The van der Waals surface area contributed by atoms with Crippen LogP contribution >= 0.6 is 11.6 Å². The Morgan fingerprint density at radius 1 is 1.50 bits per heavy atom. The Balaban J connectivity index is 3.01. The zero-order chi connectivity index (χ0) is 12.1. The van der Waals surface area contributed by atoms with Crippen LogP contribution in [0.25, 0.3) is 0 Å². The van der Waals surface area contributed by atoms with Gasteiger partial charge in [0.1, 0.15) is 0 Å². The van der Waals surface area contributed by atoms with Gasteiger partial charge in [-0.05, 0) is 17.7 Å². The standard InChI is InChI=1S/C10H13ClN2O3/c1-15-8-3-6(4-12)2-7(11)10(8)16-5-9(13)14/h2-3H,4-5,12H2,1H3,(H2,13,14). The number of carbonyl (C=O) groups is 1. The van der Waals surface area contributed by atoms with E-state index >= 15 is 0 Å². The van der Waals surface area contributed by atoms with E-state index < -0.39 is 5.91 Å². The number of carbonyl (C=O) groups excluding carboxylic acids is 1. The fraction of sp³-hybridized carbons (Fsp3) is 0.300. The summed E-state index contributed by atoms with van der Waals surface area (Å²) in [4.78, 5) is 10.6. The van der Waals surface area contributed by atoms with E-state index in [2.05, 4.69) is 0 Å². The summed E-state index contributed by atoms with van der Waals surface area (Å²) in [6.45, 7) is 0.0875. The molecule has 16 heavy (non-hydrogen) atoms. The van der Waals surface area contributed by atoms with Crippen LogP contribution < -0.4 is 20.9 Å². The number of nitrogens with two attached hydrogens (primary N) is 2. The summed E-state index contributed by atoms with van der Waals surface area (Å²) in [6.07, 6.45) is 0. The molecule has 0 heterocycles. The summed E-state index contributed by atoms with van der Waals surface area (Å²) in [5, 5.41) is 0.334. The monoisotopic (exact) mass is 244 g/mol.